The number of carbonyl (C=O) groups is 2. The molecule has 2 rings (SSSR count). The number of carboxylic acid groups (broad SMARTS) is 1. The molecule has 0 bridgehead atoms. The number of likely N-dealkylation sites (tertiary alicyclic amines) is 1. The quantitative estimate of drug-likeness (QED) is 0.817. The Kier molecular flexibility index (Phi) is 6.85. The molecule has 3 atom stereocenters. The van der Waals surface area contributed by atoms with Crippen LogP contribution in [0.15, 0.2) is 24.3 Å². The third-order valence-electron chi connectivity index (χ3n) is 5.06. The summed E-state index contributed by atoms with van der Waals surface area (Å²) in [5.74, 6) is -0.289. The second-order valence-corrected chi connectivity index (χ2v) is 6.82. The number of benzene rings is 1. The number of amides is 1. The fourth-order valence-electron chi connectivity index (χ4n) is 3.26. The predicted octanol–water partition coefficient (Wildman–Crippen LogP) is 3.68. The van der Waals surface area contributed by atoms with Crippen molar-refractivity contribution in [2.75, 3.05) is 13.1 Å². The fourth-order valence-corrected chi connectivity index (χ4v) is 3.26. The maximum absolute atomic E-state index is 12.9. The van der Waals surface area contributed by atoms with Gasteiger partial charge in [0, 0.05) is 13.1 Å². The maximum Gasteiger partial charge on any atom is 0.308 e. The van der Waals surface area contributed by atoms with Gasteiger partial charge in [0.15, 0.2) is 6.10 Å². The van der Waals surface area contributed by atoms with E-state index in [1.165, 1.54) is 0 Å². The van der Waals surface area contributed by atoms with Crippen molar-refractivity contribution in [2.24, 2.45) is 5.92 Å². The largest absolute Gasteiger partial charge is 0.481 e. The normalized spacial score (nSPS) is 20.0. The molecule has 0 spiro atoms. The third kappa shape index (κ3) is 4.74. The van der Waals surface area contributed by atoms with E-state index in [2.05, 4.69) is 13.8 Å². The number of hydrogen-bond donors (Lipinski definition) is 1. The zero-order chi connectivity index (χ0) is 18.4. The Morgan fingerprint density at radius 1 is 1.28 bits per heavy atom. The van der Waals surface area contributed by atoms with Crippen molar-refractivity contribution in [3.63, 3.8) is 0 Å². The summed E-state index contributed by atoms with van der Waals surface area (Å²) < 4.78 is 6.09. The number of hydrogen-bond acceptors (Lipinski definition) is 3. The number of carboxylic acids is 1. The van der Waals surface area contributed by atoms with E-state index in [9.17, 15) is 14.7 Å². The summed E-state index contributed by atoms with van der Waals surface area (Å²) in [4.78, 5) is 25.8. The number of para-hydroxylation sites is 1. The first-order valence-electron chi connectivity index (χ1n) is 9.25. The molecule has 1 aromatic carbocycles. The van der Waals surface area contributed by atoms with Crippen molar-refractivity contribution in [3.05, 3.63) is 29.8 Å². The van der Waals surface area contributed by atoms with E-state index < -0.39 is 18.0 Å². The predicted molar refractivity (Wildman–Crippen MR) is 96.8 cm³/mol. The minimum atomic E-state index is -0.825. The summed E-state index contributed by atoms with van der Waals surface area (Å²) in [6.45, 7) is 7.08. The summed E-state index contributed by atoms with van der Waals surface area (Å²) in [6, 6.07) is 7.86. The van der Waals surface area contributed by atoms with Gasteiger partial charge in [-0.1, -0.05) is 39.0 Å². The monoisotopic (exact) mass is 347 g/mol. The van der Waals surface area contributed by atoms with Gasteiger partial charge in [-0.05, 0) is 43.2 Å². The van der Waals surface area contributed by atoms with Crippen LogP contribution in [0.1, 0.15) is 57.9 Å². The van der Waals surface area contributed by atoms with Gasteiger partial charge in [0.05, 0.1) is 5.92 Å². The van der Waals surface area contributed by atoms with Crippen LogP contribution in [0.2, 0.25) is 0 Å². The molecule has 0 aliphatic carbocycles. The Morgan fingerprint density at radius 2 is 2.00 bits per heavy atom. The Morgan fingerprint density at radius 3 is 2.64 bits per heavy atom. The van der Waals surface area contributed by atoms with Crippen molar-refractivity contribution in [3.8, 4) is 5.75 Å². The highest BCUT2D eigenvalue weighted by Crippen LogP contribution is 2.30. The molecule has 1 aliphatic heterocycles. The molecule has 5 heteroatoms. The van der Waals surface area contributed by atoms with E-state index in [1.807, 2.05) is 31.2 Å². The van der Waals surface area contributed by atoms with Gasteiger partial charge >= 0.3 is 5.97 Å². The van der Waals surface area contributed by atoms with Crippen molar-refractivity contribution < 1.29 is 19.4 Å². The molecule has 0 saturated carbocycles. The zero-order valence-corrected chi connectivity index (χ0v) is 15.4. The number of aliphatic carboxylic acids is 1. The Bertz CT molecular complexity index is 601. The first-order chi connectivity index (χ1) is 12.0. The van der Waals surface area contributed by atoms with Gasteiger partial charge in [-0.2, -0.15) is 0 Å². The summed E-state index contributed by atoms with van der Waals surface area (Å²) >= 11 is 0. The van der Waals surface area contributed by atoms with Crippen LogP contribution in [0.25, 0.3) is 0 Å². The summed E-state index contributed by atoms with van der Waals surface area (Å²) in [6.07, 6.45) is 2.34. The molecular formula is C20H29NO4. The van der Waals surface area contributed by atoms with E-state index in [4.69, 9.17) is 4.74 Å². The van der Waals surface area contributed by atoms with Crippen LogP contribution in [0, 0.1) is 5.92 Å². The molecular weight excluding hydrogens is 318 g/mol. The molecule has 25 heavy (non-hydrogen) atoms. The second kappa shape index (κ2) is 8.88. The maximum atomic E-state index is 12.9. The molecule has 1 aromatic rings. The van der Waals surface area contributed by atoms with Crippen molar-refractivity contribution in [1.82, 2.24) is 4.90 Å². The molecule has 1 N–H and O–H groups in total. The number of nitrogens with zero attached hydrogens (tertiary/aromatic N) is 1. The highest BCUT2D eigenvalue weighted by Gasteiger charge is 2.32. The van der Waals surface area contributed by atoms with Crippen LogP contribution in [-0.2, 0) is 9.59 Å². The molecule has 0 aromatic heterocycles. The van der Waals surface area contributed by atoms with Gasteiger partial charge in [-0.3, -0.25) is 9.59 Å². The van der Waals surface area contributed by atoms with Gasteiger partial charge in [-0.25, -0.2) is 0 Å². The first-order valence-corrected chi connectivity index (χ1v) is 9.25. The van der Waals surface area contributed by atoms with Crippen LogP contribution < -0.4 is 4.74 Å². The SMILES string of the molecule is CCC(Oc1ccccc1C(C)CC)C(=O)N1CCCC(C(=O)O)C1. The fraction of sp³-hybridized carbons (Fsp3) is 0.600. The molecule has 1 heterocycles. The molecule has 1 aliphatic rings. The van der Waals surface area contributed by atoms with Crippen molar-refractivity contribution in [2.45, 2.75) is 58.5 Å². The van der Waals surface area contributed by atoms with E-state index >= 15 is 0 Å². The van der Waals surface area contributed by atoms with Crippen LogP contribution in [-0.4, -0.2) is 41.1 Å². The smallest absolute Gasteiger partial charge is 0.308 e. The molecule has 1 amide bonds. The summed E-state index contributed by atoms with van der Waals surface area (Å²) in [7, 11) is 0. The molecule has 1 fully saturated rings. The molecule has 1 saturated heterocycles. The van der Waals surface area contributed by atoms with Crippen LogP contribution in [0.3, 0.4) is 0 Å². The topological polar surface area (TPSA) is 66.8 Å². The van der Waals surface area contributed by atoms with E-state index in [0.717, 1.165) is 24.2 Å². The average Bonchev–Trinajstić information content (AvgIpc) is 2.65. The third-order valence-corrected chi connectivity index (χ3v) is 5.06. The molecule has 0 radical (unpaired) electrons. The minimum absolute atomic E-state index is 0.104. The standard InChI is InChI=1S/C20H29NO4/c1-4-14(3)16-10-6-7-11-18(16)25-17(5-2)19(22)21-12-8-9-15(13-21)20(23)24/h6-7,10-11,14-15,17H,4-5,8-9,12-13H2,1-3H3,(H,23,24). The lowest BCUT2D eigenvalue weighted by molar-refractivity contribution is -0.148. The molecule has 138 valence electrons. The average molecular weight is 347 g/mol. The molecule has 5 nitrogen and oxygen atoms in total. The van der Waals surface area contributed by atoms with E-state index in [1.54, 1.807) is 4.90 Å². The summed E-state index contributed by atoms with van der Waals surface area (Å²) in [5.41, 5.74) is 1.11. The first kappa shape index (κ1) is 19.3. The van der Waals surface area contributed by atoms with Crippen LogP contribution in [0.5, 0.6) is 5.75 Å². The number of piperidine rings is 1. The van der Waals surface area contributed by atoms with E-state index in [-0.39, 0.29) is 12.5 Å². The van der Waals surface area contributed by atoms with Gasteiger partial charge < -0.3 is 14.7 Å². The van der Waals surface area contributed by atoms with Crippen molar-refractivity contribution >= 4 is 11.9 Å². The Balaban J connectivity index is 2.12. The van der Waals surface area contributed by atoms with Gasteiger partial charge in [0.25, 0.3) is 5.91 Å². The minimum Gasteiger partial charge on any atom is -0.481 e. The Labute approximate surface area is 150 Å². The van der Waals surface area contributed by atoms with Gasteiger partial charge in [0.1, 0.15) is 5.75 Å². The lowest BCUT2D eigenvalue weighted by Crippen LogP contribution is -2.48. The molecule has 3 unspecified atom stereocenters. The Hall–Kier alpha value is -2.04. The lowest BCUT2D eigenvalue weighted by atomic mass is 9.97. The number of rotatable bonds is 7. The van der Waals surface area contributed by atoms with Crippen LogP contribution >= 0.6 is 0 Å². The highest BCUT2D eigenvalue weighted by molar-refractivity contribution is 5.82. The van der Waals surface area contributed by atoms with Crippen LogP contribution in [0.4, 0.5) is 0 Å². The van der Waals surface area contributed by atoms with Gasteiger partial charge in [-0.15, -0.1) is 0 Å². The lowest BCUT2D eigenvalue weighted by Gasteiger charge is -2.33. The number of ether oxygens (including phenoxy) is 1. The second-order valence-electron chi connectivity index (χ2n) is 6.82. The van der Waals surface area contributed by atoms with Gasteiger partial charge in [0.2, 0.25) is 0 Å². The number of carbonyl (C=O) groups excluding carboxylic acids is 1. The zero-order valence-electron chi connectivity index (χ0n) is 15.4. The van der Waals surface area contributed by atoms with Crippen molar-refractivity contribution in [1.29, 1.82) is 0 Å². The summed E-state index contributed by atoms with van der Waals surface area (Å²) in [5, 5.41) is 9.22. The van der Waals surface area contributed by atoms with E-state index in [0.29, 0.717) is 25.3 Å². The highest BCUT2D eigenvalue weighted by atomic mass is 16.5.